The Labute approximate surface area is 152 Å². The molecule has 0 bridgehead atoms. The van der Waals surface area contributed by atoms with Crippen LogP contribution in [0.4, 0.5) is 5.69 Å². The molecule has 0 aliphatic carbocycles. The maximum Gasteiger partial charge on any atom is 0.333 e. The number of rotatable bonds is 4. The van der Waals surface area contributed by atoms with Gasteiger partial charge in [0.05, 0.1) is 12.8 Å². The molecule has 0 saturated heterocycles. The second-order valence-corrected chi connectivity index (χ2v) is 5.75. The number of hydrogen-bond donors (Lipinski definition) is 2. The number of carbonyl (C=O) groups excluding carboxylic acids is 1. The summed E-state index contributed by atoms with van der Waals surface area (Å²) in [6, 6.07) is 12.9. The maximum atomic E-state index is 12.7. The van der Waals surface area contributed by atoms with Gasteiger partial charge in [0.2, 0.25) is 0 Å². The highest BCUT2D eigenvalue weighted by Gasteiger charge is 2.16. The molecule has 1 aromatic heterocycles. The van der Waals surface area contributed by atoms with Crippen LogP contribution in [-0.4, -0.2) is 22.6 Å². The number of halogens is 1. The molecule has 0 fully saturated rings. The van der Waals surface area contributed by atoms with Crippen molar-refractivity contribution in [1.29, 1.82) is 0 Å². The van der Waals surface area contributed by atoms with E-state index in [-0.39, 0.29) is 11.3 Å². The van der Waals surface area contributed by atoms with Crippen molar-refractivity contribution < 1.29 is 9.53 Å². The first-order valence-electron chi connectivity index (χ1n) is 7.55. The summed E-state index contributed by atoms with van der Waals surface area (Å²) >= 11 is 5.88. The fourth-order valence-electron chi connectivity index (χ4n) is 2.38. The normalized spacial score (nSPS) is 10.4. The van der Waals surface area contributed by atoms with Gasteiger partial charge < -0.3 is 15.0 Å². The minimum atomic E-state index is -0.749. The molecular formula is C18H14ClN3O4. The predicted molar refractivity (Wildman–Crippen MR) is 98.6 cm³/mol. The third kappa shape index (κ3) is 3.52. The highest BCUT2D eigenvalue weighted by Crippen LogP contribution is 2.16. The molecule has 0 radical (unpaired) electrons. The standard InChI is InChI=1S/C18H14ClN3O4/c1-26-14-7-3-6-13(9-14)22-17(24)15(10-20-18(22)25)16(23)21-12-5-2-4-11(19)8-12/h2-10H,1H3,(H,20,25)(H,21,23). The molecule has 132 valence electrons. The first-order valence-corrected chi connectivity index (χ1v) is 7.93. The lowest BCUT2D eigenvalue weighted by atomic mass is 10.2. The van der Waals surface area contributed by atoms with Gasteiger partial charge in [0.1, 0.15) is 11.3 Å². The van der Waals surface area contributed by atoms with E-state index < -0.39 is 17.2 Å². The third-order valence-electron chi connectivity index (χ3n) is 3.62. The van der Waals surface area contributed by atoms with Crippen LogP contribution >= 0.6 is 11.6 Å². The first kappa shape index (κ1) is 17.5. The highest BCUT2D eigenvalue weighted by atomic mass is 35.5. The summed E-state index contributed by atoms with van der Waals surface area (Å²) in [5.74, 6) is -0.187. The number of amides is 1. The average Bonchev–Trinajstić information content (AvgIpc) is 2.62. The zero-order valence-corrected chi connectivity index (χ0v) is 14.4. The molecule has 0 atom stereocenters. The number of carbonyl (C=O) groups is 1. The highest BCUT2D eigenvalue weighted by molar-refractivity contribution is 6.30. The van der Waals surface area contributed by atoms with E-state index in [1.165, 1.54) is 13.2 Å². The summed E-state index contributed by atoms with van der Waals surface area (Å²) in [6.07, 6.45) is 1.08. The number of aromatic amines is 1. The molecule has 2 N–H and O–H groups in total. The number of anilines is 1. The second kappa shape index (κ2) is 7.28. The molecule has 0 spiro atoms. The molecule has 3 rings (SSSR count). The molecule has 26 heavy (non-hydrogen) atoms. The zero-order chi connectivity index (χ0) is 18.7. The number of H-pyrrole nitrogens is 1. The van der Waals surface area contributed by atoms with Gasteiger partial charge in [0.25, 0.3) is 11.5 Å². The SMILES string of the molecule is COc1cccc(-n2c(=O)[nH]cc(C(=O)Nc3cccc(Cl)c3)c2=O)c1. The Morgan fingerprint density at radius 3 is 2.65 bits per heavy atom. The van der Waals surface area contributed by atoms with Crippen molar-refractivity contribution in [2.45, 2.75) is 0 Å². The Hall–Kier alpha value is -3.32. The summed E-state index contributed by atoms with van der Waals surface area (Å²) in [4.78, 5) is 39.7. The molecule has 0 saturated carbocycles. The van der Waals surface area contributed by atoms with E-state index in [1.807, 2.05) is 0 Å². The molecule has 2 aromatic carbocycles. The van der Waals surface area contributed by atoms with E-state index >= 15 is 0 Å². The van der Waals surface area contributed by atoms with E-state index in [9.17, 15) is 14.4 Å². The number of hydrogen-bond acceptors (Lipinski definition) is 4. The van der Waals surface area contributed by atoms with Gasteiger partial charge >= 0.3 is 5.69 Å². The van der Waals surface area contributed by atoms with E-state index in [0.29, 0.717) is 16.5 Å². The molecule has 1 heterocycles. The Bertz CT molecular complexity index is 1090. The molecule has 7 nitrogen and oxygen atoms in total. The zero-order valence-electron chi connectivity index (χ0n) is 13.7. The van der Waals surface area contributed by atoms with E-state index in [0.717, 1.165) is 10.8 Å². The van der Waals surface area contributed by atoms with Gasteiger partial charge in [0.15, 0.2) is 0 Å². The van der Waals surface area contributed by atoms with Crippen molar-refractivity contribution >= 4 is 23.2 Å². The topological polar surface area (TPSA) is 93.2 Å². The minimum Gasteiger partial charge on any atom is -0.497 e. The molecular weight excluding hydrogens is 358 g/mol. The van der Waals surface area contributed by atoms with Crippen LogP contribution in [0, 0.1) is 0 Å². The number of ether oxygens (including phenoxy) is 1. The molecule has 8 heteroatoms. The Kier molecular flexibility index (Phi) is 4.90. The molecule has 0 aliphatic heterocycles. The van der Waals surface area contributed by atoms with Crippen LogP contribution < -0.4 is 21.3 Å². The van der Waals surface area contributed by atoms with Crippen LogP contribution in [0.2, 0.25) is 5.02 Å². The monoisotopic (exact) mass is 371 g/mol. The van der Waals surface area contributed by atoms with Crippen LogP contribution in [0.25, 0.3) is 5.69 Å². The van der Waals surface area contributed by atoms with Gasteiger partial charge in [-0.15, -0.1) is 0 Å². The maximum absolute atomic E-state index is 12.7. The summed E-state index contributed by atoms with van der Waals surface area (Å²) < 4.78 is 5.98. The van der Waals surface area contributed by atoms with Gasteiger partial charge in [-0.2, -0.15) is 0 Å². The summed E-state index contributed by atoms with van der Waals surface area (Å²) in [7, 11) is 1.47. The molecule has 1 amide bonds. The number of benzene rings is 2. The Morgan fingerprint density at radius 2 is 1.92 bits per heavy atom. The van der Waals surface area contributed by atoms with Crippen LogP contribution in [0.15, 0.2) is 64.3 Å². The molecule has 0 aliphatic rings. The first-order chi connectivity index (χ1) is 12.5. The number of nitrogens with one attached hydrogen (secondary N) is 2. The van der Waals surface area contributed by atoms with E-state index in [2.05, 4.69) is 10.3 Å². The fraction of sp³-hybridized carbons (Fsp3) is 0.0556. The predicted octanol–water partition coefficient (Wildman–Crippen LogP) is 2.44. The van der Waals surface area contributed by atoms with E-state index in [1.54, 1.807) is 42.5 Å². The molecule has 3 aromatic rings. The summed E-state index contributed by atoms with van der Waals surface area (Å²) in [5, 5.41) is 3.02. The van der Waals surface area contributed by atoms with Crippen LogP contribution in [0.3, 0.4) is 0 Å². The fourth-order valence-corrected chi connectivity index (χ4v) is 2.57. The minimum absolute atomic E-state index is 0.215. The Balaban J connectivity index is 2.03. The molecule has 0 unspecified atom stereocenters. The van der Waals surface area contributed by atoms with Gasteiger partial charge in [0, 0.05) is 23.0 Å². The van der Waals surface area contributed by atoms with E-state index in [4.69, 9.17) is 16.3 Å². The second-order valence-electron chi connectivity index (χ2n) is 5.31. The third-order valence-corrected chi connectivity index (χ3v) is 3.85. The van der Waals surface area contributed by atoms with Crippen molar-refractivity contribution in [3.05, 3.63) is 86.2 Å². The number of aromatic nitrogens is 2. The van der Waals surface area contributed by atoms with Crippen molar-refractivity contribution in [3.63, 3.8) is 0 Å². The van der Waals surface area contributed by atoms with Crippen molar-refractivity contribution in [1.82, 2.24) is 9.55 Å². The van der Waals surface area contributed by atoms with Crippen molar-refractivity contribution in [2.75, 3.05) is 12.4 Å². The summed E-state index contributed by atoms with van der Waals surface area (Å²) in [6.45, 7) is 0. The van der Waals surface area contributed by atoms with Gasteiger partial charge in [-0.1, -0.05) is 23.7 Å². The van der Waals surface area contributed by atoms with Gasteiger partial charge in [-0.05, 0) is 30.3 Å². The van der Waals surface area contributed by atoms with Crippen LogP contribution in [0.5, 0.6) is 5.75 Å². The smallest absolute Gasteiger partial charge is 0.333 e. The Morgan fingerprint density at radius 1 is 1.15 bits per heavy atom. The van der Waals surface area contributed by atoms with Gasteiger partial charge in [-0.25, -0.2) is 9.36 Å². The largest absolute Gasteiger partial charge is 0.497 e. The van der Waals surface area contributed by atoms with Crippen molar-refractivity contribution in [3.8, 4) is 11.4 Å². The van der Waals surface area contributed by atoms with Crippen LogP contribution in [-0.2, 0) is 0 Å². The lowest BCUT2D eigenvalue weighted by molar-refractivity contribution is 0.102. The van der Waals surface area contributed by atoms with Crippen molar-refractivity contribution in [2.24, 2.45) is 0 Å². The van der Waals surface area contributed by atoms with Crippen LogP contribution in [0.1, 0.15) is 10.4 Å². The quantitative estimate of drug-likeness (QED) is 0.736. The van der Waals surface area contributed by atoms with Gasteiger partial charge in [-0.3, -0.25) is 9.59 Å². The lowest BCUT2D eigenvalue weighted by Gasteiger charge is -2.09. The number of nitrogens with zero attached hydrogens (tertiary/aromatic N) is 1. The average molecular weight is 372 g/mol. The number of methoxy groups -OCH3 is 1. The lowest BCUT2D eigenvalue weighted by Crippen LogP contribution is -2.38. The summed E-state index contributed by atoms with van der Waals surface area (Å²) in [5.41, 5.74) is -0.912.